The third-order valence-electron chi connectivity index (χ3n) is 2.48. The van der Waals surface area contributed by atoms with Crippen LogP contribution < -0.4 is 11.5 Å². The number of fused-ring (bicyclic) bond motifs is 1. The van der Waals surface area contributed by atoms with Crippen LogP contribution in [0.2, 0.25) is 0 Å². The fourth-order valence-electron chi connectivity index (χ4n) is 1.86. The average Bonchev–Trinajstić information content (AvgIpc) is 2.45. The van der Waals surface area contributed by atoms with E-state index in [2.05, 4.69) is 0 Å². The normalized spacial score (nSPS) is 15.4. The molecule has 0 radical (unpaired) electrons. The summed E-state index contributed by atoms with van der Waals surface area (Å²) in [5.74, 6) is -0.333. The Morgan fingerprint density at radius 1 is 1.23 bits per heavy atom. The van der Waals surface area contributed by atoms with Crippen LogP contribution in [0.25, 0.3) is 0 Å². The van der Waals surface area contributed by atoms with E-state index in [4.69, 9.17) is 11.5 Å². The molecule has 0 saturated heterocycles. The number of anilines is 1. The van der Waals surface area contributed by atoms with Gasteiger partial charge < -0.3 is 11.5 Å². The van der Waals surface area contributed by atoms with Crippen LogP contribution in [-0.2, 0) is 12.8 Å². The molecule has 1 aliphatic rings. The summed E-state index contributed by atoms with van der Waals surface area (Å²) >= 11 is 1.34. The summed E-state index contributed by atoms with van der Waals surface area (Å²) in [7, 11) is 0. The van der Waals surface area contributed by atoms with Gasteiger partial charge in [0.1, 0.15) is 0 Å². The SMILES string of the molecule is NC(=O)c1sc(N)c2c1CCCC2. The molecule has 1 amide bonds. The highest BCUT2D eigenvalue weighted by Crippen LogP contribution is 2.35. The van der Waals surface area contributed by atoms with Crippen molar-refractivity contribution in [2.75, 3.05) is 5.73 Å². The van der Waals surface area contributed by atoms with Crippen molar-refractivity contribution >= 4 is 22.2 Å². The van der Waals surface area contributed by atoms with Gasteiger partial charge >= 0.3 is 0 Å². The summed E-state index contributed by atoms with van der Waals surface area (Å²) in [5, 5.41) is 0.781. The molecule has 3 nitrogen and oxygen atoms in total. The van der Waals surface area contributed by atoms with Crippen molar-refractivity contribution in [3.05, 3.63) is 16.0 Å². The van der Waals surface area contributed by atoms with E-state index in [-0.39, 0.29) is 5.91 Å². The maximum Gasteiger partial charge on any atom is 0.259 e. The maximum absolute atomic E-state index is 11.1. The molecule has 0 saturated carbocycles. The largest absolute Gasteiger partial charge is 0.390 e. The van der Waals surface area contributed by atoms with E-state index < -0.39 is 0 Å². The number of hydrogen-bond donors (Lipinski definition) is 2. The van der Waals surface area contributed by atoms with E-state index in [1.807, 2.05) is 0 Å². The van der Waals surface area contributed by atoms with Crippen molar-refractivity contribution in [1.29, 1.82) is 0 Å². The lowest BCUT2D eigenvalue weighted by molar-refractivity contribution is 0.100. The summed E-state index contributed by atoms with van der Waals surface area (Å²) in [6.07, 6.45) is 4.28. The number of primary amides is 1. The minimum Gasteiger partial charge on any atom is -0.390 e. The summed E-state index contributed by atoms with van der Waals surface area (Å²) in [4.78, 5) is 11.7. The maximum atomic E-state index is 11.1. The Morgan fingerprint density at radius 2 is 1.85 bits per heavy atom. The van der Waals surface area contributed by atoms with Gasteiger partial charge in [-0.05, 0) is 36.8 Å². The number of nitrogens with two attached hydrogens (primary N) is 2. The lowest BCUT2D eigenvalue weighted by atomic mass is 9.93. The zero-order chi connectivity index (χ0) is 9.42. The van der Waals surface area contributed by atoms with Crippen LogP contribution in [-0.4, -0.2) is 5.91 Å². The summed E-state index contributed by atoms with van der Waals surface area (Å²) in [6.45, 7) is 0. The first-order chi connectivity index (χ1) is 6.20. The van der Waals surface area contributed by atoms with E-state index in [9.17, 15) is 4.79 Å². The summed E-state index contributed by atoms with van der Waals surface area (Å²) in [6, 6.07) is 0. The van der Waals surface area contributed by atoms with Gasteiger partial charge in [0, 0.05) is 0 Å². The van der Waals surface area contributed by atoms with Gasteiger partial charge in [0.25, 0.3) is 5.91 Å². The molecule has 1 aromatic rings. The van der Waals surface area contributed by atoms with E-state index in [0.29, 0.717) is 4.88 Å². The number of amides is 1. The third kappa shape index (κ3) is 1.31. The second-order valence-corrected chi connectivity index (χ2v) is 4.38. The van der Waals surface area contributed by atoms with Gasteiger partial charge in [-0.3, -0.25) is 4.79 Å². The standard InChI is InChI=1S/C9H12N2OS/c10-8(12)7-5-3-1-2-4-6(5)9(11)13-7/h1-4,11H2,(H2,10,12). The number of carbonyl (C=O) groups is 1. The zero-order valence-corrected chi connectivity index (χ0v) is 8.12. The van der Waals surface area contributed by atoms with E-state index in [1.54, 1.807) is 0 Å². The molecule has 4 heteroatoms. The molecule has 0 aromatic carbocycles. The van der Waals surface area contributed by atoms with Crippen LogP contribution in [0.3, 0.4) is 0 Å². The number of rotatable bonds is 1. The zero-order valence-electron chi connectivity index (χ0n) is 7.30. The molecule has 4 N–H and O–H groups in total. The number of hydrogen-bond acceptors (Lipinski definition) is 3. The Bertz CT molecular complexity index is 357. The van der Waals surface area contributed by atoms with Crippen LogP contribution in [0.15, 0.2) is 0 Å². The summed E-state index contributed by atoms with van der Waals surface area (Å²) < 4.78 is 0. The molecule has 13 heavy (non-hydrogen) atoms. The van der Waals surface area contributed by atoms with Gasteiger partial charge in [0.2, 0.25) is 0 Å². The molecule has 1 aromatic heterocycles. The summed E-state index contributed by atoms with van der Waals surface area (Å²) in [5.41, 5.74) is 13.4. The third-order valence-corrected chi connectivity index (χ3v) is 3.59. The highest BCUT2D eigenvalue weighted by molar-refractivity contribution is 7.18. The molecule has 0 bridgehead atoms. The highest BCUT2D eigenvalue weighted by atomic mass is 32.1. The van der Waals surface area contributed by atoms with E-state index in [1.165, 1.54) is 23.3 Å². The van der Waals surface area contributed by atoms with Crippen molar-refractivity contribution < 1.29 is 4.79 Å². The minimum atomic E-state index is -0.333. The molecule has 2 rings (SSSR count). The van der Waals surface area contributed by atoms with Gasteiger partial charge in [0.15, 0.2) is 0 Å². The lowest BCUT2D eigenvalue weighted by Gasteiger charge is -2.11. The van der Waals surface area contributed by atoms with Crippen LogP contribution in [0.1, 0.15) is 33.6 Å². The van der Waals surface area contributed by atoms with Crippen molar-refractivity contribution in [1.82, 2.24) is 0 Å². The topological polar surface area (TPSA) is 69.1 Å². The number of thiophene rings is 1. The van der Waals surface area contributed by atoms with Crippen molar-refractivity contribution in [3.8, 4) is 0 Å². The highest BCUT2D eigenvalue weighted by Gasteiger charge is 2.21. The Kier molecular flexibility index (Phi) is 2.00. The number of carbonyl (C=O) groups excluding carboxylic acids is 1. The molecule has 0 spiro atoms. The lowest BCUT2D eigenvalue weighted by Crippen LogP contribution is -2.13. The van der Waals surface area contributed by atoms with Crippen LogP contribution >= 0.6 is 11.3 Å². The Hall–Kier alpha value is -1.03. The molecule has 1 heterocycles. The molecular formula is C9H12N2OS. The van der Waals surface area contributed by atoms with Gasteiger partial charge in [-0.15, -0.1) is 11.3 Å². The number of nitrogen functional groups attached to an aromatic ring is 1. The first-order valence-electron chi connectivity index (χ1n) is 4.40. The Labute approximate surface area is 80.7 Å². The minimum absolute atomic E-state index is 0.333. The van der Waals surface area contributed by atoms with Gasteiger partial charge in [-0.2, -0.15) is 0 Å². The molecule has 0 aliphatic heterocycles. The molecule has 1 aliphatic carbocycles. The van der Waals surface area contributed by atoms with Crippen molar-refractivity contribution in [3.63, 3.8) is 0 Å². The quantitative estimate of drug-likeness (QED) is 0.711. The second kappa shape index (κ2) is 3.03. The van der Waals surface area contributed by atoms with Gasteiger partial charge in [0.05, 0.1) is 9.88 Å². The fraction of sp³-hybridized carbons (Fsp3) is 0.444. The Morgan fingerprint density at radius 3 is 2.46 bits per heavy atom. The van der Waals surface area contributed by atoms with Crippen molar-refractivity contribution in [2.45, 2.75) is 25.7 Å². The van der Waals surface area contributed by atoms with Gasteiger partial charge in [-0.1, -0.05) is 0 Å². The first kappa shape index (κ1) is 8.56. The predicted octanol–water partition coefficient (Wildman–Crippen LogP) is 1.31. The fourth-order valence-corrected chi connectivity index (χ4v) is 2.88. The van der Waals surface area contributed by atoms with E-state index in [0.717, 1.165) is 29.8 Å². The van der Waals surface area contributed by atoms with Crippen LogP contribution in [0.4, 0.5) is 5.00 Å². The molecule has 0 fully saturated rings. The van der Waals surface area contributed by atoms with Gasteiger partial charge in [-0.25, -0.2) is 0 Å². The van der Waals surface area contributed by atoms with Crippen LogP contribution in [0, 0.1) is 0 Å². The van der Waals surface area contributed by atoms with E-state index >= 15 is 0 Å². The Balaban J connectivity index is 2.53. The van der Waals surface area contributed by atoms with Crippen LogP contribution in [0.5, 0.6) is 0 Å². The first-order valence-corrected chi connectivity index (χ1v) is 5.21. The molecule has 70 valence electrons. The molecular weight excluding hydrogens is 184 g/mol. The predicted molar refractivity (Wildman–Crippen MR) is 53.9 cm³/mol. The smallest absolute Gasteiger partial charge is 0.259 e. The monoisotopic (exact) mass is 196 g/mol. The average molecular weight is 196 g/mol. The second-order valence-electron chi connectivity index (χ2n) is 3.32. The molecule has 0 unspecified atom stereocenters. The van der Waals surface area contributed by atoms with Crippen molar-refractivity contribution in [2.24, 2.45) is 5.73 Å². The molecule has 0 atom stereocenters.